The number of amides is 4. The number of urea groups is 1. The van der Waals surface area contributed by atoms with Crippen LogP contribution in [0.4, 0.5) is 10.5 Å². The summed E-state index contributed by atoms with van der Waals surface area (Å²) in [7, 11) is 0. The van der Waals surface area contributed by atoms with Gasteiger partial charge in [-0.1, -0.05) is 42.8 Å². The molecule has 1 N–H and O–H groups in total. The number of imide groups is 2. The van der Waals surface area contributed by atoms with Crippen molar-refractivity contribution in [2.24, 2.45) is 0 Å². The van der Waals surface area contributed by atoms with Gasteiger partial charge < -0.3 is 4.57 Å². The first-order valence-corrected chi connectivity index (χ1v) is 9.55. The summed E-state index contributed by atoms with van der Waals surface area (Å²) in [5, 5.41) is 3.23. The van der Waals surface area contributed by atoms with Gasteiger partial charge in [0.15, 0.2) is 0 Å². The minimum atomic E-state index is -0.741. The van der Waals surface area contributed by atoms with Crippen molar-refractivity contribution in [2.45, 2.75) is 26.8 Å². The largest absolute Gasteiger partial charge is 0.347 e. The van der Waals surface area contributed by atoms with E-state index in [1.165, 1.54) is 0 Å². The standard InChI is InChI=1S/C23H21N3O3/c1-3-12-25-14-16(18-6-4-5-7-20(18)25)13-19-21(27)24-23(29)26(22(19)28)17-10-8-15(2)9-11-17/h4-11,13-14H,3,12H2,1-2H3,(H,24,27,29)/b19-13+. The SMILES string of the molecule is CCCn1cc(/C=C2\C(=O)NC(=O)N(c3ccc(C)cc3)C2=O)c2ccccc21. The van der Waals surface area contributed by atoms with Gasteiger partial charge in [-0.25, -0.2) is 9.69 Å². The smallest absolute Gasteiger partial charge is 0.335 e. The molecule has 4 rings (SSSR count). The van der Waals surface area contributed by atoms with E-state index in [2.05, 4.69) is 16.8 Å². The molecule has 6 heteroatoms. The molecule has 2 heterocycles. The number of aryl methyl sites for hydroxylation is 2. The summed E-state index contributed by atoms with van der Waals surface area (Å²) in [5.41, 5.74) is 3.17. The second-order valence-electron chi connectivity index (χ2n) is 7.09. The van der Waals surface area contributed by atoms with Gasteiger partial charge in [0.1, 0.15) is 5.57 Å². The molecule has 1 aromatic heterocycles. The van der Waals surface area contributed by atoms with Gasteiger partial charge in [0, 0.05) is 29.2 Å². The van der Waals surface area contributed by atoms with E-state index in [-0.39, 0.29) is 5.57 Å². The van der Waals surface area contributed by atoms with Crippen LogP contribution in [0.2, 0.25) is 0 Å². The van der Waals surface area contributed by atoms with Crippen LogP contribution in [-0.2, 0) is 16.1 Å². The molecule has 0 spiro atoms. The van der Waals surface area contributed by atoms with Crippen molar-refractivity contribution >= 4 is 40.5 Å². The first kappa shape index (κ1) is 18.7. The summed E-state index contributed by atoms with van der Waals surface area (Å²) < 4.78 is 2.11. The van der Waals surface area contributed by atoms with Crippen molar-refractivity contribution in [1.29, 1.82) is 0 Å². The monoisotopic (exact) mass is 387 g/mol. The lowest BCUT2D eigenvalue weighted by atomic mass is 10.1. The van der Waals surface area contributed by atoms with E-state index in [1.54, 1.807) is 18.2 Å². The van der Waals surface area contributed by atoms with E-state index in [1.807, 2.05) is 49.5 Å². The van der Waals surface area contributed by atoms with Crippen LogP contribution in [0.25, 0.3) is 17.0 Å². The lowest BCUT2D eigenvalue weighted by Crippen LogP contribution is -2.54. The van der Waals surface area contributed by atoms with Crippen molar-refractivity contribution in [1.82, 2.24) is 9.88 Å². The van der Waals surface area contributed by atoms with E-state index in [0.717, 1.165) is 39.9 Å². The summed E-state index contributed by atoms with van der Waals surface area (Å²) in [6.45, 7) is 4.84. The van der Waals surface area contributed by atoms with Crippen LogP contribution in [0.5, 0.6) is 0 Å². The van der Waals surface area contributed by atoms with Crippen LogP contribution in [0.15, 0.2) is 60.3 Å². The molecular formula is C23H21N3O3. The molecule has 146 valence electrons. The Labute approximate surface area is 168 Å². The van der Waals surface area contributed by atoms with E-state index in [4.69, 9.17) is 0 Å². The molecule has 0 radical (unpaired) electrons. The van der Waals surface area contributed by atoms with Gasteiger partial charge in [0.25, 0.3) is 11.8 Å². The number of carbonyl (C=O) groups is 3. The van der Waals surface area contributed by atoms with Crippen LogP contribution < -0.4 is 10.2 Å². The lowest BCUT2D eigenvalue weighted by molar-refractivity contribution is -0.122. The van der Waals surface area contributed by atoms with Gasteiger partial charge in [-0.2, -0.15) is 0 Å². The predicted octanol–water partition coefficient (Wildman–Crippen LogP) is 4.03. The maximum absolute atomic E-state index is 13.1. The van der Waals surface area contributed by atoms with Crippen molar-refractivity contribution in [3.8, 4) is 0 Å². The highest BCUT2D eigenvalue weighted by Crippen LogP contribution is 2.27. The first-order valence-electron chi connectivity index (χ1n) is 9.55. The Morgan fingerprint density at radius 2 is 1.72 bits per heavy atom. The third kappa shape index (κ3) is 3.33. The zero-order valence-corrected chi connectivity index (χ0v) is 16.3. The molecule has 29 heavy (non-hydrogen) atoms. The highest BCUT2D eigenvalue weighted by atomic mass is 16.2. The van der Waals surface area contributed by atoms with Crippen LogP contribution in [-0.4, -0.2) is 22.4 Å². The first-order chi connectivity index (χ1) is 14.0. The van der Waals surface area contributed by atoms with E-state index >= 15 is 0 Å². The molecule has 4 amide bonds. The third-order valence-corrected chi connectivity index (χ3v) is 4.98. The minimum Gasteiger partial charge on any atom is -0.347 e. The van der Waals surface area contributed by atoms with E-state index in [0.29, 0.717) is 5.69 Å². The Morgan fingerprint density at radius 3 is 2.45 bits per heavy atom. The molecule has 3 aromatic rings. The fourth-order valence-electron chi connectivity index (χ4n) is 3.56. The van der Waals surface area contributed by atoms with Gasteiger partial charge >= 0.3 is 6.03 Å². The summed E-state index contributed by atoms with van der Waals surface area (Å²) in [6, 6.07) is 14.1. The van der Waals surface area contributed by atoms with Crippen LogP contribution in [0, 0.1) is 6.92 Å². The number of rotatable bonds is 4. The number of carbonyl (C=O) groups excluding carboxylic acids is 3. The number of benzene rings is 2. The molecule has 1 fully saturated rings. The van der Waals surface area contributed by atoms with Gasteiger partial charge in [-0.05, 0) is 37.6 Å². The van der Waals surface area contributed by atoms with Gasteiger partial charge in [-0.3, -0.25) is 14.9 Å². The number of nitrogens with one attached hydrogen (secondary N) is 1. The highest BCUT2D eigenvalue weighted by molar-refractivity contribution is 6.39. The number of anilines is 1. The van der Waals surface area contributed by atoms with E-state index in [9.17, 15) is 14.4 Å². The third-order valence-electron chi connectivity index (χ3n) is 4.98. The molecule has 1 aliphatic heterocycles. The molecule has 0 atom stereocenters. The number of nitrogens with zero attached hydrogens (tertiary/aromatic N) is 2. The Balaban J connectivity index is 1.79. The Morgan fingerprint density at radius 1 is 1.00 bits per heavy atom. The van der Waals surface area contributed by atoms with Crippen molar-refractivity contribution in [2.75, 3.05) is 4.90 Å². The van der Waals surface area contributed by atoms with Crippen LogP contribution >= 0.6 is 0 Å². The fourth-order valence-corrected chi connectivity index (χ4v) is 3.56. The average Bonchev–Trinajstić information content (AvgIpc) is 3.04. The minimum absolute atomic E-state index is 0.0652. The van der Waals surface area contributed by atoms with Crippen molar-refractivity contribution in [3.05, 3.63) is 71.4 Å². The maximum atomic E-state index is 13.1. The molecule has 0 bridgehead atoms. The molecule has 1 aliphatic rings. The van der Waals surface area contributed by atoms with Crippen LogP contribution in [0.1, 0.15) is 24.5 Å². The number of fused-ring (bicyclic) bond motifs is 1. The average molecular weight is 387 g/mol. The molecule has 6 nitrogen and oxygen atoms in total. The van der Waals surface area contributed by atoms with Crippen molar-refractivity contribution < 1.29 is 14.4 Å². The molecular weight excluding hydrogens is 366 g/mol. The Bertz CT molecular complexity index is 1160. The molecule has 0 unspecified atom stereocenters. The molecule has 0 aliphatic carbocycles. The second kappa shape index (κ2) is 7.39. The zero-order valence-electron chi connectivity index (χ0n) is 16.3. The molecule has 0 saturated carbocycles. The zero-order chi connectivity index (χ0) is 20.5. The lowest BCUT2D eigenvalue weighted by Gasteiger charge is -2.26. The van der Waals surface area contributed by atoms with Crippen LogP contribution in [0.3, 0.4) is 0 Å². The number of hydrogen-bond acceptors (Lipinski definition) is 3. The Hall–Kier alpha value is -3.67. The van der Waals surface area contributed by atoms with Gasteiger partial charge in [-0.15, -0.1) is 0 Å². The molecule has 1 saturated heterocycles. The number of aromatic nitrogens is 1. The quantitative estimate of drug-likeness (QED) is 0.543. The van der Waals surface area contributed by atoms with E-state index < -0.39 is 17.8 Å². The van der Waals surface area contributed by atoms with Gasteiger partial charge in [0.2, 0.25) is 0 Å². The maximum Gasteiger partial charge on any atom is 0.335 e. The summed E-state index contributed by atoms with van der Waals surface area (Å²) in [6.07, 6.45) is 4.47. The number of hydrogen-bond donors (Lipinski definition) is 1. The summed E-state index contributed by atoms with van der Waals surface area (Å²) >= 11 is 0. The second-order valence-corrected chi connectivity index (χ2v) is 7.09. The fraction of sp³-hybridized carbons (Fsp3) is 0.174. The predicted molar refractivity (Wildman–Crippen MR) is 112 cm³/mol. The Kier molecular flexibility index (Phi) is 4.76. The summed E-state index contributed by atoms with van der Waals surface area (Å²) in [4.78, 5) is 38.9. The normalized spacial score (nSPS) is 16.0. The number of para-hydroxylation sites is 1. The highest BCUT2D eigenvalue weighted by Gasteiger charge is 2.36. The number of barbiturate groups is 1. The topological polar surface area (TPSA) is 71.4 Å². The van der Waals surface area contributed by atoms with Crippen molar-refractivity contribution in [3.63, 3.8) is 0 Å². The molecule has 2 aromatic carbocycles. The van der Waals surface area contributed by atoms with Gasteiger partial charge in [0.05, 0.1) is 5.69 Å². The summed E-state index contributed by atoms with van der Waals surface area (Å²) in [5.74, 6) is -1.31.